The van der Waals surface area contributed by atoms with Gasteiger partial charge in [-0.1, -0.05) is 24.3 Å². The Bertz CT molecular complexity index is 525. The van der Waals surface area contributed by atoms with Crippen molar-refractivity contribution >= 4 is 22.6 Å². The zero-order chi connectivity index (χ0) is 13.7. The number of rotatable bonds is 5. The first-order chi connectivity index (χ1) is 9.22. The van der Waals surface area contributed by atoms with Gasteiger partial charge in [0.25, 0.3) is 0 Å². The number of nitrogens with one attached hydrogen (secondary N) is 1. The smallest absolute Gasteiger partial charge is 0.119 e. The molecule has 0 amide bonds. The molecule has 0 aliphatic carbocycles. The first kappa shape index (κ1) is 14.3. The van der Waals surface area contributed by atoms with Crippen molar-refractivity contribution in [3.8, 4) is 5.75 Å². The highest BCUT2D eigenvalue weighted by atomic mass is 127. The van der Waals surface area contributed by atoms with Gasteiger partial charge >= 0.3 is 0 Å². The maximum absolute atomic E-state index is 5.27. The van der Waals surface area contributed by atoms with Crippen molar-refractivity contribution < 1.29 is 4.74 Å². The summed E-state index contributed by atoms with van der Waals surface area (Å²) in [6.07, 6.45) is 0.953. The van der Waals surface area contributed by atoms with Gasteiger partial charge < -0.3 is 10.1 Å². The minimum atomic E-state index is 0.323. The average Bonchev–Trinajstić information content (AvgIpc) is 2.46. The van der Waals surface area contributed by atoms with Crippen molar-refractivity contribution in [3.05, 3.63) is 63.2 Å². The minimum absolute atomic E-state index is 0.323. The molecule has 0 spiro atoms. The molecular formula is C16H18INO. The van der Waals surface area contributed by atoms with Gasteiger partial charge in [0, 0.05) is 9.61 Å². The van der Waals surface area contributed by atoms with E-state index in [9.17, 15) is 0 Å². The summed E-state index contributed by atoms with van der Waals surface area (Å²) >= 11 is 2.33. The molecule has 2 aromatic rings. The summed E-state index contributed by atoms with van der Waals surface area (Å²) in [6.45, 7) is 0. The molecule has 2 aromatic carbocycles. The lowest BCUT2D eigenvalue weighted by molar-refractivity contribution is 0.414. The Labute approximate surface area is 128 Å². The van der Waals surface area contributed by atoms with Crippen molar-refractivity contribution in [1.29, 1.82) is 0 Å². The maximum Gasteiger partial charge on any atom is 0.119 e. The highest BCUT2D eigenvalue weighted by Crippen LogP contribution is 2.21. The average molecular weight is 367 g/mol. The Morgan fingerprint density at radius 3 is 2.53 bits per heavy atom. The van der Waals surface area contributed by atoms with Crippen molar-refractivity contribution in [3.63, 3.8) is 0 Å². The Morgan fingerprint density at radius 2 is 1.89 bits per heavy atom. The molecule has 0 aromatic heterocycles. The third-order valence-electron chi connectivity index (χ3n) is 3.19. The van der Waals surface area contributed by atoms with Crippen LogP contribution < -0.4 is 10.1 Å². The molecule has 0 fully saturated rings. The van der Waals surface area contributed by atoms with Crippen LogP contribution in [0.4, 0.5) is 0 Å². The summed E-state index contributed by atoms with van der Waals surface area (Å²) < 4.78 is 6.53. The summed E-state index contributed by atoms with van der Waals surface area (Å²) in [4.78, 5) is 0. The minimum Gasteiger partial charge on any atom is -0.497 e. The third kappa shape index (κ3) is 3.94. The van der Waals surface area contributed by atoms with Gasteiger partial charge in [-0.3, -0.25) is 0 Å². The van der Waals surface area contributed by atoms with E-state index in [1.165, 1.54) is 14.7 Å². The highest BCUT2D eigenvalue weighted by Gasteiger charge is 2.10. The van der Waals surface area contributed by atoms with E-state index in [1.807, 2.05) is 19.2 Å². The van der Waals surface area contributed by atoms with Crippen LogP contribution in [0.25, 0.3) is 0 Å². The van der Waals surface area contributed by atoms with E-state index in [4.69, 9.17) is 4.74 Å². The molecule has 1 N–H and O–H groups in total. The van der Waals surface area contributed by atoms with Crippen molar-refractivity contribution in [1.82, 2.24) is 5.32 Å². The standard InChI is InChI=1S/C16H18INO/c1-18-16(13-6-8-14(17)9-7-13)11-12-4-3-5-15(10-12)19-2/h3-10,16,18H,11H2,1-2H3. The van der Waals surface area contributed by atoms with Crippen LogP contribution in [0.3, 0.4) is 0 Å². The molecule has 2 rings (SSSR count). The van der Waals surface area contributed by atoms with Gasteiger partial charge in [-0.2, -0.15) is 0 Å². The number of likely N-dealkylation sites (N-methyl/N-ethyl adjacent to an activating group) is 1. The van der Waals surface area contributed by atoms with Crippen LogP contribution in [-0.4, -0.2) is 14.2 Å². The Kier molecular flexibility index (Phi) is 5.22. The van der Waals surface area contributed by atoms with Crippen LogP contribution in [0, 0.1) is 3.57 Å². The fourth-order valence-corrected chi connectivity index (χ4v) is 2.48. The Balaban J connectivity index is 2.16. The van der Waals surface area contributed by atoms with Crippen LogP contribution in [0.15, 0.2) is 48.5 Å². The normalized spacial score (nSPS) is 12.2. The second-order valence-electron chi connectivity index (χ2n) is 4.45. The molecule has 100 valence electrons. The highest BCUT2D eigenvalue weighted by molar-refractivity contribution is 14.1. The second-order valence-corrected chi connectivity index (χ2v) is 5.69. The molecule has 0 bridgehead atoms. The van der Waals surface area contributed by atoms with Gasteiger partial charge in [-0.05, 0) is 71.5 Å². The molecule has 3 heteroatoms. The Morgan fingerprint density at radius 1 is 1.16 bits per heavy atom. The third-order valence-corrected chi connectivity index (χ3v) is 3.91. The monoisotopic (exact) mass is 367 g/mol. The molecule has 19 heavy (non-hydrogen) atoms. The van der Waals surface area contributed by atoms with Crippen molar-refractivity contribution in [2.45, 2.75) is 12.5 Å². The molecule has 1 unspecified atom stereocenters. The molecule has 0 heterocycles. The number of halogens is 1. The van der Waals surface area contributed by atoms with E-state index >= 15 is 0 Å². The van der Waals surface area contributed by atoms with Gasteiger partial charge in [0.1, 0.15) is 5.75 Å². The van der Waals surface area contributed by atoms with Gasteiger partial charge in [0.2, 0.25) is 0 Å². The summed E-state index contributed by atoms with van der Waals surface area (Å²) in [6, 6.07) is 17.2. The van der Waals surface area contributed by atoms with Crippen LogP contribution in [0.1, 0.15) is 17.2 Å². The summed E-state index contributed by atoms with van der Waals surface area (Å²) in [5, 5.41) is 3.38. The lowest BCUT2D eigenvalue weighted by Crippen LogP contribution is -2.18. The fourth-order valence-electron chi connectivity index (χ4n) is 2.12. The predicted molar refractivity (Wildman–Crippen MR) is 87.7 cm³/mol. The number of hydrogen-bond donors (Lipinski definition) is 1. The largest absolute Gasteiger partial charge is 0.497 e. The maximum atomic E-state index is 5.27. The zero-order valence-electron chi connectivity index (χ0n) is 11.2. The van der Waals surface area contributed by atoms with Crippen LogP contribution in [0.5, 0.6) is 5.75 Å². The number of methoxy groups -OCH3 is 1. The Hall–Kier alpha value is -1.07. The van der Waals surface area contributed by atoms with E-state index in [2.05, 4.69) is 64.3 Å². The molecule has 0 aliphatic heterocycles. The van der Waals surface area contributed by atoms with Gasteiger partial charge in [0.15, 0.2) is 0 Å². The molecular weight excluding hydrogens is 349 g/mol. The van der Waals surface area contributed by atoms with Crippen molar-refractivity contribution in [2.24, 2.45) is 0 Å². The topological polar surface area (TPSA) is 21.3 Å². The van der Waals surface area contributed by atoms with Gasteiger partial charge in [-0.25, -0.2) is 0 Å². The van der Waals surface area contributed by atoms with E-state index in [-0.39, 0.29) is 0 Å². The first-order valence-corrected chi connectivity index (χ1v) is 7.36. The second kappa shape index (κ2) is 6.91. The SMILES string of the molecule is CNC(Cc1cccc(OC)c1)c1ccc(I)cc1. The lowest BCUT2D eigenvalue weighted by atomic mass is 9.99. The van der Waals surface area contributed by atoms with Crippen LogP contribution >= 0.6 is 22.6 Å². The quantitative estimate of drug-likeness (QED) is 0.812. The number of hydrogen-bond acceptors (Lipinski definition) is 2. The molecule has 0 radical (unpaired) electrons. The molecule has 0 aliphatic rings. The summed E-state index contributed by atoms with van der Waals surface area (Å²) in [5.41, 5.74) is 2.59. The van der Waals surface area contributed by atoms with E-state index in [0.29, 0.717) is 6.04 Å². The molecule has 1 atom stereocenters. The number of benzene rings is 2. The number of ether oxygens (including phenoxy) is 1. The van der Waals surface area contributed by atoms with Crippen molar-refractivity contribution in [2.75, 3.05) is 14.2 Å². The van der Waals surface area contributed by atoms with Crippen LogP contribution in [0.2, 0.25) is 0 Å². The molecule has 2 nitrogen and oxygen atoms in total. The molecule has 0 saturated carbocycles. The van der Waals surface area contributed by atoms with E-state index in [0.717, 1.165) is 12.2 Å². The van der Waals surface area contributed by atoms with E-state index in [1.54, 1.807) is 7.11 Å². The lowest BCUT2D eigenvalue weighted by Gasteiger charge is -2.17. The summed E-state index contributed by atoms with van der Waals surface area (Å²) in [7, 11) is 3.70. The van der Waals surface area contributed by atoms with Gasteiger partial charge in [-0.15, -0.1) is 0 Å². The summed E-state index contributed by atoms with van der Waals surface area (Å²) in [5.74, 6) is 0.912. The fraction of sp³-hybridized carbons (Fsp3) is 0.250. The van der Waals surface area contributed by atoms with E-state index < -0.39 is 0 Å². The molecule has 0 saturated heterocycles. The predicted octanol–water partition coefficient (Wildman–Crippen LogP) is 3.80. The van der Waals surface area contributed by atoms with Crippen LogP contribution in [-0.2, 0) is 6.42 Å². The van der Waals surface area contributed by atoms with Gasteiger partial charge in [0.05, 0.1) is 7.11 Å². The zero-order valence-corrected chi connectivity index (χ0v) is 13.3. The first-order valence-electron chi connectivity index (χ1n) is 6.28.